The van der Waals surface area contributed by atoms with Crippen LogP contribution in [0.25, 0.3) is 10.9 Å². The van der Waals surface area contributed by atoms with Gasteiger partial charge in [0.05, 0.1) is 17.3 Å². The van der Waals surface area contributed by atoms with Crippen LogP contribution in [0.3, 0.4) is 0 Å². The zero-order chi connectivity index (χ0) is 25.8. The first-order valence-electron chi connectivity index (χ1n) is 12.6. The van der Waals surface area contributed by atoms with Gasteiger partial charge in [-0.2, -0.15) is 0 Å². The first-order chi connectivity index (χ1) is 17.2. The Balaban J connectivity index is 1.38. The molecule has 36 heavy (non-hydrogen) atoms. The molecule has 3 aromatic rings. The number of carbonyl (C=O) groups excluding carboxylic acids is 1. The number of aryl methyl sites for hydroxylation is 2. The number of hydrogen-bond acceptors (Lipinski definition) is 6. The fourth-order valence-electron chi connectivity index (χ4n) is 4.62. The van der Waals surface area contributed by atoms with Gasteiger partial charge in [0.1, 0.15) is 5.75 Å². The third-order valence-electron chi connectivity index (χ3n) is 6.65. The summed E-state index contributed by atoms with van der Waals surface area (Å²) in [6, 6.07) is 12.0. The zero-order valence-corrected chi connectivity index (χ0v) is 22.6. The maximum Gasteiger partial charge on any atom is 0.226 e. The molecule has 8 heteroatoms. The van der Waals surface area contributed by atoms with Crippen LogP contribution < -0.4 is 15.0 Å². The van der Waals surface area contributed by atoms with Crippen LogP contribution in [0.2, 0.25) is 5.02 Å². The van der Waals surface area contributed by atoms with Crippen LogP contribution in [0.5, 0.6) is 5.75 Å². The second-order valence-corrected chi connectivity index (χ2v) is 10.4. The molecule has 0 radical (unpaired) electrons. The highest BCUT2D eigenvalue weighted by atomic mass is 35.5. The van der Waals surface area contributed by atoms with E-state index in [-0.39, 0.29) is 12.0 Å². The van der Waals surface area contributed by atoms with Gasteiger partial charge < -0.3 is 19.9 Å². The molecular weight excluding hydrogens is 474 g/mol. The number of anilines is 2. The maximum absolute atomic E-state index is 12.6. The van der Waals surface area contributed by atoms with Crippen molar-refractivity contribution < 1.29 is 9.53 Å². The number of fused-ring (bicyclic) bond motifs is 1. The maximum atomic E-state index is 12.6. The minimum atomic E-state index is -0.0631. The topological polar surface area (TPSA) is 70.6 Å². The summed E-state index contributed by atoms with van der Waals surface area (Å²) in [5.74, 6) is 1.46. The Morgan fingerprint density at radius 3 is 2.58 bits per heavy atom. The predicted molar refractivity (Wildman–Crippen MR) is 147 cm³/mol. The Morgan fingerprint density at radius 2 is 1.92 bits per heavy atom. The average molecular weight is 510 g/mol. The van der Waals surface area contributed by atoms with Crippen LogP contribution in [0.1, 0.15) is 44.4 Å². The highest BCUT2D eigenvalue weighted by Gasteiger charge is 2.23. The number of nitrogens with zero attached hydrogens (tertiary/aromatic N) is 4. The molecule has 1 N–H and O–H groups in total. The molecule has 192 valence electrons. The van der Waals surface area contributed by atoms with Gasteiger partial charge >= 0.3 is 0 Å². The first kappa shape index (κ1) is 26.2. The smallest absolute Gasteiger partial charge is 0.226 e. The third kappa shape index (κ3) is 6.45. The zero-order valence-electron chi connectivity index (χ0n) is 21.8. The van der Waals surface area contributed by atoms with Crippen molar-refractivity contribution in [3.63, 3.8) is 0 Å². The summed E-state index contributed by atoms with van der Waals surface area (Å²) >= 11 is 6.40. The van der Waals surface area contributed by atoms with Crippen molar-refractivity contribution >= 4 is 40.0 Å². The lowest BCUT2D eigenvalue weighted by molar-refractivity contribution is -0.116. The SMILES string of the molecule is Cc1nc(N2CCC(N(C)C)CC2)nc2ccc(NC(=O)CCc3ccc(OC(C)C)cc3Cl)cc12. The van der Waals surface area contributed by atoms with Crippen LogP contribution in [0.4, 0.5) is 11.6 Å². The summed E-state index contributed by atoms with van der Waals surface area (Å²) in [6.45, 7) is 7.86. The van der Waals surface area contributed by atoms with E-state index in [1.54, 1.807) is 6.07 Å². The molecule has 1 aliphatic heterocycles. The van der Waals surface area contributed by atoms with Gasteiger partial charge in [0, 0.05) is 41.6 Å². The number of hydrogen-bond donors (Lipinski definition) is 1. The Kier molecular flexibility index (Phi) is 8.32. The van der Waals surface area contributed by atoms with Crippen LogP contribution in [0.15, 0.2) is 36.4 Å². The molecule has 1 aromatic heterocycles. The standard InChI is InChI=1S/C28H36ClN5O2/c1-18(2)36-23-9-6-20(25(29)17-23)7-11-27(35)31-21-8-10-26-24(16-21)19(3)30-28(32-26)34-14-12-22(13-15-34)33(4)5/h6,8-10,16-18,22H,7,11-15H2,1-5H3,(H,31,35). The van der Waals surface area contributed by atoms with Gasteiger partial charge in [-0.25, -0.2) is 9.97 Å². The van der Waals surface area contributed by atoms with E-state index in [0.717, 1.165) is 65.5 Å². The van der Waals surface area contributed by atoms with E-state index in [9.17, 15) is 4.79 Å². The molecule has 7 nitrogen and oxygen atoms in total. The summed E-state index contributed by atoms with van der Waals surface area (Å²) in [5, 5.41) is 4.56. The lowest BCUT2D eigenvalue weighted by Gasteiger charge is -2.35. The van der Waals surface area contributed by atoms with Gasteiger partial charge in [-0.1, -0.05) is 17.7 Å². The lowest BCUT2D eigenvalue weighted by Crippen LogP contribution is -2.42. The third-order valence-corrected chi connectivity index (χ3v) is 7.01. The number of benzene rings is 2. The molecule has 0 aliphatic carbocycles. The molecule has 2 heterocycles. The largest absolute Gasteiger partial charge is 0.491 e. The second kappa shape index (κ2) is 11.4. The molecule has 1 fully saturated rings. The highest BCUT2D eigenvalue weighted by molar-refractivity contribution is 6.31. The first-order valence-corrected chi connectivity index (χ1v) is 13.0. The van der Waals surface area contributed by atoms with Crippen LogP contribution >= 0.6 is 11.6 Å². The molecule has 0 bridgehead atoms. The van der Waals surface area contributed by atoms with E-state index in [1.807, 2.05) is 51.1 Å². The lowest BCUT2D eigenvalue weighted by atomic mass is 10.0. The van der Waals surface area contributed by atoms with Crippen LogP contribution in [-0.4, -0.2) is 60.1 Å². The van der Waals surface area contributed by atoms with Gasteiger partial charge in [-0.3, -0.25) is 4.79 Å². The minimum absolute atomic E-state index is 0.0631. The Bertz CT molecular complexity index is 1220. The van der Waals surface area contributed by atoms with Crippen molar-refractivity contribution in [1.82, 2.24) is 14.9 Å². The van der Waals surface area contributed by atoms with Crippen LogP contribution in [0, 0.1) is 6.92 Å². The molecule has 1 aliphatic rings. The fourth-order valence-corrected chi connectivity index (χ4v) is 4.88. The van der Waals surface area contributed by atoms with Crippen LogP contribution in [-0.2, 0) is 11.2 Å². The van der Waals surface area contributed by atoms with Gasteiger partial charge in [-0.05, 0) is 90.0 Å². The molecular formula is C28H36ClN5O2. The molecule has 4 rings (SSSR count). The monoisotopic (exact) mass is 509 g/mol. The summed E-state index contributed by atoms with van der Waals surface area (Å²) < 4.78 is 5.68. The van der Waals surface area contributed by atoms with Crippen molar-refractivity contribution in [2.75, 3.05) is 37.4 Å². The van der Waals surface area contributed by atoms with Crippen molar-refractivity contribution in [3.05, 3.63) is 52.7 Å². The Morgan fingerprint density at radius 1 is 1.17 bits per heavy atom. The molecule has 0 unspecified atom stereocenters. The summed E-state index contributed by atoms with van der Waals surface area (Å²) in [5.41, 5.74) is 3.47. The van der Waals surface area contributed by atoms with Crippen molar-refractivity contribution in [2.45, 2.75) is 58.6 Å². The van der Waals surface area contributed by atoms with E-state index < -0.39 is 0 Å². The predicted octanol–water partition coefficient (Wildman–Crippen LogP) is 5.48. The highest BCUT2D eigenvalue weighted by Crippen LogP contribution is 2.27. The molecule has 0 saturated carbocycles. The number of aromatic nitrogens is 2. The Hall–Kier alpha value is -2.90. The number of carbonyl (C=O) groups is 1. The number of nitrogens with one attached hydrogen (secondary N) is 1. The molecule has 1 saturated heterocycles. The molecule has 0 atom stereocenters. The number of rotatable bonds is 8. The molecule has 1 amide bonds. The van der Waals surface area contributed by atoms with Gasteiger partial charge in [0.15, 0.2) is 0 Å². The van der Waals surface area contributed by atoms with Crippen molar-refractivity contribution in [3.8, 4) is 5.75 Å². The summed E-state index contributed by atoms with van der Waals surface area (Å²) in [6.07, 6.45) is 3.19. The van der Waals surface area contributed by atoms with E-state index in [2.05, 4.69) is 29.2 Å². The summed E-state index contributed by atoms with van der Waals surface area (Å²) in [4.78, 5) is 26.8. The van der Waals surface area contributed by atoms with E-state index in [0.29, 0.717) is 23.9 Å². The molecule has 0 spiro atoms. The normalized spacial score (nSPS) is 14.6. The molecule has 2 aromatic carbocycles. The number of piperidine rings is 1. The quantitative estimate of drug-likeness (QED) is 0.433. The van der Waals surface area contributed by atoms with Crippen molar-refractivity contribution in [2.24, 2.45) is 0 Å². The Labute approximate surface area is 218 Å². The van der Waals surface area contributed by atoms with E-state index in [4.69, 9.17) is 26.3 Å². The minimum Gasteiger partial charge on any atom is -0.491 e. The van der Waals surface area contributed by atoms with Crippen molar-refractivity contribution in [1.29, 1.82) is 0 Å². The van der Waals surface area contributed by atoms with Gasteiger partial charge in [0.2, 0.25) is 11.9 Å². The number of halogens is 1. The van der Waals surface area contributed by atoms with Gasteiger partial charge in [0.25, 0.3) is 0 Å². The average Bonchev–Trinajstić information content (AvgIpc) is 2.83. The summed E-state index contributed by atoms with van der Waals surface area (Å²) in [7, 11) is 4.28. The second-order valence-electron chi connectivity index (χ2n) is 9.99. The fraction of sp³-hybridized carbons (Fsp3) is 0.464. The van der Waals surface area contributed by atoms with Gasteiger partial charge in [-0.15, -0.1) is 0 Å². The number of amides is 1. The number of ether oxygens (including phenoxy) is 1. The van der Waals surface area contributed by atoms with E-state index in [1.165, 1.54) is 0 Å². The van der Waals surface area contributed by atoms with E-state index >= 15 is 0 Å².